The molecule has 0 saturated carbocycles. The van der Waals surface area contributed by atoms with Crippen LogP contribution in [0.15, 0.2) is 34.9 Å². The van der Waals surface area contributed by atoms with Crippen LogP contribution in [0.25, 0.3) is 11.4 Å². The molecule has 0 bridgehead atoms. The van der Waals surface area contributed by atoms with Crippen LogP contribution in [-0.4, -0.2) is 16.7 Å². The Morgan fingerprint density at radius 3 is 2.73 bits per heavy atom. The molecule has 1 aromatic carbocycles. The lowest BCUT2D eigenvalue weighted by Crippen LogP contribution is -2.08. The van der Waals surface area contributed by atoms with Crippen LogP contribution in [-0.2, 0) is 0 Å². The molecule has 0 aliphatic heterocycles. The number of rotatable bonds is 3. The van der Waals surface area contributed by atoms with Crippen molar-refractivity contribution in [3.63, 3.8) is 0 Å². The van der Waals surface area contributed by atoms with E-state index in [-0.39, 0.29) is 5.92 Å². The van der Waals surface area contributed by atoms with Crippen LogP contribution in [0.2, 0.25) is 0 Å². The van der Waals surface area contributed by atoms with Gasteiger partial charge in [-0.25, -0.2) is 0 Å². The molecule has 0 radical (unpaired) electrons. The summed E-state index contributed by atoms with van der Waals surface area (Å²) in [5.41, 5.74) is 6.48. The van der Waals surface area contributed by atoms with Gasteiger partial charge in [0.05, 0.1) is 0 Å². The van der Waals surface area contributed by atoms with Gasteiger partial charge in [0, 0.05) is 18.0 Å². The van der Waals surface area contributed by atoms with Crippen LogP contribution >= 0.6 is 0 Å². The molecule has 2 N–H and O–H groups in total. The lowest BCUT2D eigenvalue weighted by atomic mass is 10.2. The van der Waals surface area contributed by atoms with Crippen molar-refractivity contribution in [3.05, 3.63) is 36.2 Å². The van der Waals surface area contributed by atoms with Crippen molar-refractivity contribution < 1.29 is 4.52 Å². The van der Waals surface area contributed by atoms with Gasteiger partial charge in [-0.1, -0.05) is 42.4 Å². The highest BCUT2D eigenvalue weighted by Crippen LogP contribution is 2.18. The number of aromatic nitrogens is 2. The van der Waals surface area contributed by atoms with Crippen molar-refractivity contribution in [3.8, 4) is 11.4 Å². The minimum Gasteiger partial charge on any atom is -0.339 e. The Balaban J connectivity index is 2.28. The highest BCUT2D eigenvalue weighted by molar-refractivity contribution is 5.53. The van der Waals surface area contributed by atoms with Crippen LogP contribution in [0.5, 0.6) is 0 Å². The van der Waals surface area contributed by atoms with Gasteiger partial charge >= 0.3 is 0 Å². The van der Waals surface area contributed by atoms with E-state index in [1.807, 2.05) is 37.3 Å². The van der Waals surface area contributed by atoms with Gasteiger partial charge in [-0.3, -0.25) is 0 Å². The third kappa shape index (κ3) is 2.05. The maximum absolute atomic E-state index is 5.52. The first-order valence-corrected chi connectivity index (χ1v) is 4.90. The summed E-state index contributed by atoms with van der Waals surface area (Å²) >= 11 is 0. The average Bonchev–Trinajstić information content (AvgIpc) is 2.78. The van der Waals surface area contributed by atoms with Gasteiger partial charge in [-0.2, -0.15) is 4.98 Å². The molecule has 1 unspecified atom stereocenters. The summed E-state index contributed by atoms with van der Waals surface area (Å²) in [7, 11) is 0. The lowest BCUT2D eigenvalue weighted by Gasteiger charge is -1.98. The molecular weight excluding hydrogens is 190 g/mol. The molecule has 1 atom stereocenters. The largest absolute Gasteiger partial charge is 0.339 e. The van der Waals surface area contributed by atoms with E-state index in [9.17, 15) is 0 Å². The molecule has 0 fully saturated rings. The second-order valence-corrected chi connectivity index (χ2v) is 3.46. The first-order chi connectivity index (χ1) is 7.31. The Labute approximate surface area is 88.1 Å². The molecule has 0 aliphatic carbocycles. The maximum atomic E-state index is 5.52. The maximum Gasteiger partial charge on any atom is 0.231 e. The van der Waals surface area contributed by atoms with E-state index < -0.39 is 0 Å². The molecular formula is C11H13N3O. The number of nitrogens with zero attached hydrogens (tertiary/aromatic N) is 2. The summed E-state index contributed by atoms with van der Waals surface area (Å²) in [4.78, 5) is 4.29. The van der Waals surface area contributed by atoms with Crippen LogP contribution in [0, 0.1) is 0 Å². The van der Waals surface area contributed by atoms with Crippen molar-refractivity contribution in [2.24, 2.45) is 5.73 Å². The second kappa shape index (κ2) is 4.23. The summed E-state index contributed by atoms with van der Waals surface area (Å²) in [5.74, 6) is 1.32. The predicted molar refractivity (Wildman–Crippen MR) is 57.2 cm³/mol. The molecule has 78 valence electrons. The molecule has 0 saturated heterocycles. The summed E-state index contributed by atoms with van der Waals surface area (Å²) < 4.78 is 5.13. The molecule has 1 heterocycles. The highest BCUT2D eigenvalue weighted by atomic mass is 16.5. The second-order valence-electron chi connectivity index (χ2n) is 3.46. The Hall–Kier alpha value is -1.68. The zero-order valence-corrected chi connectivity index (χ0v) is 8.55. The highest BCUT2D eigenvalue weighted by Gasteiger charge is 2.13. The standard InChI is InChI=1S/C11H13N3O/c1-8(7-12)11-13-10(14-15-11)9-5-3-2-4-6-9/h2-6,8H,7,12H2,1H3. The molecule has 0 aliphatic rings. The van der Waals surface area contributed by atoms with Crippen LogP contribution < -0.4 is 5.73 Å². The van der Waals surface area contributed by atoms with Gasteiger partial charge in [0.1, 0.15) is 0 Å². The van der Waals surface area contributed by atoms with Crippen molar-refractivity contribution in [2.45, 2.75) is 12.8 Å². The third-order valence-electron chi connectivity index (χ3n) is 2.25. The first-order valence-electron chi connectivity index (χ1n) is 4.90. The van der Waals surface area contributed by atoms with Crippen molar-refractivity contribution in [1.82, 2.24) is 10.1 Å². The number of nitrogens with two attached hydrogens (primary N) is 1. The van der Waals surface area contributed by atoms with Gasteiger partial charge in [-0.05, 0) is 0 Å². The van der Waals surface area contributed by atoms with Gasteiger partial charge in [0.15, 0.2) is 0 Å². The molecule has 15 heavy (non-hydrogen) atoms. The summed E-state index contributed by atoms with van der Waals surface area (Å²) in [6.45, 7) is 2.47. The predicted octanol–water partition coefficient (Wildman–Crippen LogP) is 1.80. The number of hydrogen-bond acceptors (Lipinski definition) is 4. The number of hydrogen-bond donors (Lipinski definition) is 1. The van der Waals surface area contributed by atoms with E-state index >= 15 is 0 Å². The molecule has 1 aromatic heterocycles. The SMILES string of the molecule is CC(CN)c1nc(-c2ccccc2)no1. The van der Waals surface area contributed by atoms with Gasteiger partial charge in [0.25, 0.3) is 0 Å². The quantitative estimate of drug-likeness (QED) is 0.826. The van der Waals surface area contributed by atoms with E-state index in [4.69, 9.17) is 10.3 Å². The molecule has 4 nitrogen and oxygen atoms in total. The Morgan fingerprint density at radius 1 is 1.33 bits per heavy atom. The normalized spacial score (nSPS) is 12.7. The Morgan fingerprint density at radius 2 is 2.07 bits per heavy atom. The monoisotopic (exact) mass is 203 g/mol. The fourth-order valence-corrected chi connectivity index (χ4v) is 1.24. The first kappa shape index (κ1) is 9.86. The topological polar surface area (TPSA) is 64.9 Å². The molecule has 2 aromatic rings. The van der Waals surface area contributed by atoms with Gasteiger partial charge in [0.2, 0.25) is 11.7 Å². The van der Waals surface area contributed by atoms with Crippen LogP contribution in [0.1, 0.15) is 18.7 Å². The van der Waals surface area contributed by atoms with Crippen LogP contribution in [0.3, 0.4) is 0 Å². The third-order valence-corrected chi connectivity index (χ3v) is 2.25. The van der Waals surface area contributed by atoms with Crippen molar-refractivity contribution in [2.75, 3.05) is 6.54 Å². The Kier molecular flexibility index (Phi) is 2.78. The average molecular weight is 203 g/mol. The lowest BCUT2D eigenvalue weighted by molar-refractivity contribution is 0.361. The van der Waals surface area contributed by atoms with Gasteiger partial charge in [-0.15, -0.1) is 0 Å². The van der Waals surface area contributed by atoms with Crippen molar-refractivity contribution >= 4 is 0 Å². The fraction of sp³-hybridized carbons (Fsp3) is 0.273. The fourth-order valence-electron chi connectivity index (χ4n) is 1.24. The molecule has 0 amide bonds. The Bertz CT molecular complexity index is 424. The molecule has 2 rings (SSSR count). The van der Waals surface area contributed by atoms with E-state index in [2.05, 4.69) is 10.1 Å². The summed E-state index contributed by atoms with van der Waals surface area (Å²) in [6, 6.07) is 9.73. The van der Waals surface area contributed by atoms with E-state index in [1.165, 1.54) is 0 Å². The van der Waals surface area contributed by atoms with E-state index in [0.717, 1.165) is 5.56 Å². The van der Waals surface area contributed by atoms with E-state index in [1.54, 1.807) is 0 Å². The zero-order chi connectivity index (χ0) is 10.7. The summed E-state index contributed by atoms with van der Waals surface area (Å²) in [5, 5.41) is 3.91. The minimum atomic E-state index is 0.106. The number of benzene rings is 1. The smallest absolute Gasteiger partial charge is 0.231 e. The van der Waals surface area contributed by atoms with Crippen LogP contribution in [0.4, 0.5) is 0 Å². The van der Waals surface area contributed by atoms with Crippen molar-refractivity contribution in [1.29, 1.82) is 0 Å². The zero-order valence-electron chi connectivity index (χ0n) is 8.55. The summed E-state index contributed by atoms with van der Waals surface area (Å²) in [6.07, 6.45) is 0. The molecule has 0 spiro atoms. The molecule has 4 heteroatoms. The van der Waals surface area contributed by atoms with Gasteiger partial charge < -0.3 is 10.3 Å². The van der Waals surface area contributed by atoms with E-state index in [0.29, 0.717) is 18.3 Å². The minimum absolute atomic E-state index is 0.106.